The fourth-order valence-electron chi connectivity index (χ4n) is 2.00. The first-order valence-electron chi connectivity index (χ1n) is 7.25. The van der Waals surface area contributed by atoms with Crippen molar-refractivity contribution in [1.82, 2.24) is 0 Å². The van der Waals surface area contributed by atoms with E-state index in [2.05, 4.69) is 75.4 Å². The van der Waals surface area contributed by atoms with Gasteiger partial charge < -0.3 is 0 Å². The third-order valence-electron chi connectivity index (χ3n) is 3.39. The van der Waals surface area contributed by atoms with Gasteiger partial charge in [-0.1, -0.05) is 74.9 Å². The quantitative estimate of drug-likeness (QED) is 0.562. The molecule has 0 amide bonds. The summed E-state index contributed by atoms with van der Waals surface area (Å²) >= 11 is 0. The molecule has 19 heavy (non-hydrogen) atoms. The van der Waals surface area contributed by atoms with E-state index in [0.717, 1.165) is 5.92 Å². The third-order valence-corrected chi connectivity index (χ3v) is 3.39. The molecule has 0 aliphatic carbocycles. The van der Waals surface area contributed by atoms with Crippen LogP contribution in [0.15, 0.2) is 54.1 Å². The maximum atomic E-state index is 2.31. The molecule has 0 radical (unpaired) electrons. The molecule has 0 saturated carbocycles. The van der Waals surface area contributed by atoms with Crippen LogP contribution < -0.4 is 0 Å². The molecule has 0 saturated heterocycles. The molecule has 102 valence electrons. The van der Waals surface area contributed by atoms with Crippen molar-refractivity contribution >= 4 is 6.08 Å². The number of hydrogen-bond donors (Lipinski definition) is 0. The lowest BCUT2D eigenvalue weighted by atomic mass is 9.97. The summed E-state index contributed by atoms with van der Waals surface area (Å²) in [5.74, 6) is 0.758. The van der Waals surface area contributed by atoms with Crippen molar-refractivity contribution in [1.29, 1.82) is 0 Å². The third kappa shape index (κ3) is 5.74. The summed E-state index contributed by atoms with van der Waals surface area (Å²) in [5.41, 5.74) is 3.96. The van der Waals surface area contributed by atoms with Crippen molar-refractivity contribution in [2.75, 3.05) is 0 Å². The molecule has 0 bridgehead atoms. The van der Waals surface area contributed by atoms with Gasteiger partial charge >= 0.3 is 0 Å². The Bertz CT molecular complexity index is 461. The van der Waals surface area contributed by atoms with Crippen LogP contribution in [0.1, 0.15) is 45.2 Å². The fourth-order valence-corrected chi connectivity index (χ4v) is 2.00. The van der Waals surface area contributed by atoms with Crippen molar-refractivity contribution < 1.29 is 0 Å². The minimum atomic E-state index is 0.758. The van der Waals surface area contributed by atoms with E-state index in [-0.39, 0.29) is 0 Å². The summed E-state index contributed by atoms with van der Waals surface area (Å²) in [4.78, 5) is 0. The Hall–Kier alpha value is -1.56. The van der Waals surface area contributed by atoms with Crippen LogP contribution in [0.25, 0.3) is 6.08 Å². The number of hydrogen-bond acceptors (Lipinski definition) is 0. The van der Waals surface area contributed by atoms with E-state index in [4.69, 9.17) is 0 Å². The van der Waals surface area contributed by atoms with E-state index in [1.165, 1.54) is 29.5 Å². The zero-order chi connectivity index (χ0) is 14.1. The van der Waals surface area contributed by atoms with Gasteiger partial charge in [0, 0.05) is 0 Å². The molecule has 0 aliphatic heterocycles. The topological polar surface area (TPSA) is 0 Å². The Morgan fingerprint density at radius 1 is 1.21 bits per heavy atom. The molecule has 0 aromatic heterocycles. The zero-order valence-corrected chi connectivity index (χ0v) is 12.7. The minimum absolute atomic E-state index is 0.758. The Kier molecular flexibility index (Phi) is 6.95. The van der Waals surface area contributed by atoms with Gasteiger partial charge in [0.25, 0.3) is 0 Å². The van der Waals surface area contributed by atoms with Gasteiger partial charge in [-0.15, -0.1) is 0 Å². The van der Waals surface area contributed by atoms with Crippen molar-refractivity contribution in [3.63, 3.8) is 0 Å². The molecule has 0 fully saturated rings. The highest BCUT2D eigenvalue weighted by molar-refractivity contribution is 5.55. The molecule has 1 aromatic carbocycles. The SMILES string of the molecule is C\C=C/C(/C=C/c1cccc(C[C@H](C)CC)c1)=C\C. The largest absolute Gasteiger partial charge is 0.0871 e. The maximum absolute atomic E-state index is 2.31. The van der Waals surface area contributed by atoms with E-state index >= 15 is 0 Å². The predicted octanol–water partition coefficient (Wildman–Crippen LogP) is 5.81. The van der Waals surface area contributed by atoms with Crippen molar-refractivity contribution in [3.05, 3.63) is 65.3 Å². The van der Waals surface area contributed by atoms with Gasteiger partial charge in [-0.05, 0) is 42.9 Å². The molecule has 0 N–H and O–H groups in total. The summed E-state index contributed by atoms with van der Waals surface area (Å²) in [6.45, 7) is 8.68. The molecule has 1 rings (SSSR count). The first kappa shape index (κ1) is 15.5. The van der Waals surface area contributed by atoms with Crippen LogP contribution in [-0.2, 0) is 6.42 Å². The number of benzene rings is 1. The molecule has 0 aliphatic rings. The Morgan fingerprint density at radius 3 is 2.63 bits per heavy atom. The smallest absolute Gasteiger partial charge is 0.0253 e. The highest BCUT2D eigenvalue weighted by Gasteiger charge is 2.00. The average Bonchev–Trinajstić information content (AvgIpc) is 2.43. The highest BCUT2D eigenvalue weighted by atomic mass is 14.1. The summed E-state index contributed by atoms with van der Waals surface area (Å²) < 4.78 is 0. The van der Waals surface area contributed by atoms with Gasteiger partial charge in [0.2, 0.25) is 0 Å². The molecule has 0 heterocycles. The first-order chi connectivity index (χ1) is 9.19. The molecule has 0 heteroatoms. The Balaban J connectivity index is 2.79. The van der Waals surface area contributed by atoms with Crippen LogP contribution in [0.4, 0.5) is 0 Å². The van der Waals surface area contributed by atoms with Crippen LogP contribution in [-0.4, -0.2) is 0 Å². The van der Waals surface area contributed by atoms with Crippen LogP contribution >= 0.6 is 0 Å². The second-order valence-corrected chi connectivity index (χ2v) is 5.08. The average molecular weight is 254 g/mol. The lowest BCUT2D eigenvalue weighted by Crippen LogP contribution is -1.97. The van der Waals surface area contributed by atoms with Crippen molar-refractivity contribution in [2.45, 2.75) is 40.5 Å². The monoisotopic (exact) mass is 254 g/mol. The van der Waals surface area contributed by atoms with E-state index in [9.17, 15) is 0 Å². The standard InChI is InChI=1S/C19H26/c1-5-9-17(7-3)12-13-18-10-8-11-19(15-18)14-16(4)6-2/h5,7-13,15-16H,6,14H2,1-4H3/b9-5-,13-12+,17-7+/t16-/m1/s1. The van der Waals surface area contributed by atoms with E-state index < -0.39 is 0 Å². The zero-order valence-electron chi connectivity index (χ0n) is 12.7. The van der Waals surface area contributed by atoms with E-state index in [1.54, 1.807) is 0 Å². The normalized spacial score (nSPS) is 14.4. The molecule has 0 spiro atoms. The summed E-state index contributed by atoms with van der Waals surface area (Å²) in [6.07, 6.45) is 13.1. The number of rotatable bonds is 6. The van der Waals surface area contributed by atoms with Gasteiger partial charge in [0.05, 0.1) is 0 Å². The second-order valence-electron chi connectivity index (χ2n) is 5.08. The number of allylic oxidation sites excluding steroid dienone is 5. The molecule has 0 nitrogen and oxygen atoms in total. The van der Waals surface area contributed by atoms with Crippen molar-refractivity contribution in [2.24, 2.45) is 5.92 Å². The van der Waals surface area contributed by atoms with Gasteiger partial charge in [0.15, 0.2) is 0 Å². The van der Waals surface area contributed by atoms with Crippen LogP contribution in [0.5, 0.6) is 0 Å². The van der Waals surface area contributed by atoms with Gasteiger partial charge in [-0.3, -0.25) is 0 Å². The van der Waals surface area contributed by atoms with Crippen molar-refractivity contribution in [3.8, 4) is 0 Å². The van der Waals surface area contributed by atoms with Gasteiger partial charge in [-0.2, -0.15) is 0 Å². The molecule has 0 unspecified atom stereocenters. The maximum Gasteiger partial charge on any atom is -0.0253 e. The molecular formula is C19H26. The summed E-state index contributed by atoms with van der Waals surface area (Å²) in [7, 11) is 0. The predicted molar refractivity (Wildman–Crippen MR) is 87.2 cm³/mol. The van der Waals surface area contributed by atoms with Crippen LogP contribution in [0, 0.1) is 5.92 Å². The lowest BCUT2D eigenvalue weighted by molar-refractivity contribution is 0.560. The fraction of sp³-hybridized carbons (Fsp3) is 0.368. The lowest BCUT2D eigenvalue weighted by Gasteiger charge is -2.08. The summed E-state index contributed by atoms with van der Waals surface area (Å²) in [6, 6.07) is 8.85. The minimum Gasteiger partial charge on any atom is -0.0871 e. The van der Waals surface area contributed by atoms with Crippen LogP contribution in [0.3, 0.4) is 0 Å². The second kappa shape index (κ2) is 8.53. The highest BCUT2D eigenvalue weighted by Crippen LogP contribution is 2.14. The summed E-state index contributed by atoms with van der Waals surface area (Å²) in [5, 5.41) is 0. The van der Waals surface area contributed by atoms with Gasteiger partial charge in [-0.25, -0.2) is 0 Å². The Morgan fingerprint density at radius 2 is 2.00 bits per heavy atom. The van der Waals surface area contributed by atoms with Crippen LogP contribution in [0.2, 0.25) is 0 Å². The molecular weight excluding hydrogens is 228 g/mol. The van der Waals surface area contributed by atoms with E-state index in [0.29, 0.717) is 0 Å². The van der Waals surface area contributed by atoms with E-state index in [1.807, 2.05) is 6.92 Å². The van der Waals surface area contributed by atoms with Gasteiger partial charge in [0.1, 0.15) is 0 Å². The molecule has 1 atom stereocenters. The first-order valence-corrected chi connectivity index (χ1v) is 7.25. The molecule has 1 aromatic rings. The Labute approximate surface area is 118 Å².